The molecule has 20 heavy (non-hydrogen) atoms. The summed E-state index contributed by atoms with van der Waals surface area (Å²) in [6.07, 6.45) is 4.78. The van der Waals surface area contributed by atoms with E-state index in [1.54, 1.807) is 13.0 Å². The number of carbonyl (C=O) groups is 1. The van der Waals surface area contributed by atoms with Gasteiger partial charge in [0.25, 0.3) is 0 Å². The molecule has 3 N–H and O–H groups in total. The van der Waals surface area contributed by atoms with Crippen molar-refractivity contribution in [3.05, 3.63) is 23.8 Å². The molecule has 112 valence electrons. The predicted octanol–water partition coefficient (Wildman–Crippen LogP) is 1.46. The molecule has 0 spiro atoms. The Labute approximate surface area is 118 Å². The fourth-order valence-corrected chi connectivity index (χ4v) is 3.38. The highest BCUT2D eigenvalue weighted by molar-refractivity contribution is 5.81. The van der Waals surface area contributed by atoms with Crippen LogP contribution in [-0.2, 0) is 9.53 Å². The number of aliphatic carboxylic acids is 1. The zero-order chi connectivity index (χ0) is 15.2. The van der Waals surface area contributed by atoms with Crippen molar-refractivity contribution < 1.29 is 24.9 Å². The van der Waals surface area contributed by atoms with Gasteiger partial charge in [0, 0.05) is 23.3 Å². The zero-order valence-corrected chi connectivity index (χ0v) is 12.1. The molecule has 5 nitrogen and oxygen atoms in total. The van der Waals surface area contributed by atoms with Crippen molar-refractivity contribution in [3.63, 3.8) is 0 Å². The lowest BCUT2D eigenvalue weighted by atomic mass is 9.56. The Morgan fingerprint density at radius 2 is 2.00 bits per heavy atom. The standard InChI is InChI=1S/C15H22O5/c1-10(6-12(17)18)4-5-14(3)13(2)7-11(16)8-15(14,19)20-9-13/h4-6,11,16,19H,7-9H2,1-3H3,(H,17,18). The van der Waals surface area contributed by atoms with Crippen LogP contribution in [0.1, 0.15) is 33.6 Å². The maximum absolute atomic E-state index is 10.7. The summed E-state index contributed by atoms with van der Waals surface area (Å²) < 4.78 is 5.58. The summed E-state index contributed by atoms with van der Waals surface area (Å²) in [5.41, 5.74) is -0.442. The maximum atomic E-state index is 10.7. The number of hydrogen-bond donors (Lipinski definition) is 3. The third-order valence-corrected chi connectivity index (χ3v) is 4.92. The molecule has 4 unspecified atom stereocenters. The average Bonchev–Trinajstić information content (AvgIpc) is 2.43. The minimum atomic E-state index is -1.40. The van der Waals surface area contributed by atoms with Gasteiger partial charge in [0.2, 0.25) is 0 Å². The van der Waals surface area contributed by atoms with Crippen molar-refractivity contribution in [1.29, 1.82) is 0 Å². The normalized spacial score (nSPS) is 45.0. The minimum Gasteiger partial charge on any atom is -0.478 e. The van der Waals surface area contributed by atoms with Crippen LogP contribution in [0.4, 0.5) is 0 Å². The summed E-state index contributed by atoms with van der Waals surface area (Å²) in [5, 5.41) is 29.3. The Hall–Kier alpha value is -1.17. The van der Waals surface area contributed by atoms with Gasteiger partial charge in [-0.15, -0.1) is 0 Å². The number of carboxylic acid groups (broad SMARTS) is 1. The zero-order valence-electron chi connectivity index (χ0n) is 12.1. The first-order chi connectivity index (χ1) is 9.12. The van der Waals surface area contributed by atoms with E-state index in [9.17, 15) is 15.0 Å². The number of rotatable bonds is 3. The first kappa shape index (κ1) is 15.2. The van der Waals surface area contributed by atoms with E-state index in [2.05, 4.69) is 0 Å². The van der Waals surface area contributed by atoms with E-state index in [0.717, 1.165) is 6.08 Å². The lowest BCUT2D eigenvalue weighted by Crippen LogP contribution is -2.55. The molecule has 0 aromatic carbocycles. The quantitative estimate of drug-likeness (QED) is 0.539. The third-order valence-electron chi connectivity index (χ3n) is 4.92. The topological polar surface area (TPSA) is 87.0 Å². The molecule has 4 atom stereocenters. The van der Waals surface area contributed by atoms with Crippen LogP contribution >= 0.6 is 0 Å². The number of ether oxygens (including phenoxy) is 1. The van der Waals surface area contributed by atoms with Crippen molar-refractivity contribution in [3.8, 4) is 0 Å². The highest BCUT2D eigenvalue weighted by Gasteiger charge is 2.66. The molecule has 0 aromatic heterocycles. The van der Waals surface area contributed by atoms with Crippen LogP contribution in [0.15, 0.2) is 23.8 Å². The fourth-order valence-electron chi connectivity index (χ4n) is 3.38. The molecule has 0 radical (unpaired) electrons. The summed E-state index contributed by atoms with van der Waals surface area (Å²) in [5.74, 6) is -2.40. The van der Waals surface area contributed by atoms with Crippen LogP contribution in [-0.4, -0.2) is 39.8 Å². The highest BCUT2D eigenvalue weighted by Crippen LogP contribution is 2.62. The van der Waals surface area contributed by atoms with Gasteiger partial charge in [0.1, 0.15) is 0 Å². The van der Waals surface area contributed by atoms with Crippen molar-refractivity contribution >= 4 is 5.97 Å². The van der Waals surface area contributed by atoms with E-state index in [1.165, 1.54) is 0 Å². The second-order valence-electron chi connectivity index (χ2n) is 6.46. The number of allylic oxidation sites excluding steroid dienone is 2. The smallest absolute Gasteiger partial charge is 0.328 e. The molecule has 0 aromatic rings. The maximum Gasteiger partial charge on any atom is 0.328 e. The van der Waals surface area contributed by atoms with E-state index < -0.39 is 23.3 Å². The second kappa shape index (κ2) is 4.69. The summed E-state index contributed by atoms with van der Waals surface area (Å²) in [6, 6.07) is 0. The van der Waals surface area contributed by atoms with Crippen LogP contribution in [0.2, 0.25) is 0 Å². The number of carboxylic acids is 1. The van der Waals surface area contributed by atoms with Crippen LogP contribution in [0.3, 0.4) is 0 Å². The average molecular weight is 282 g/mol. The minimum absolute atomic E-state index is 0.172. The second-order valence-corrected chi connectivity index (χ2v) is 6.46. The van der Waals surface area contributed by atoms with Gasteiger partial charge < -0.3 is 20.1 Å². The van der Waals surface area contributed by atoms with Gasteiger partial charge >= 0.3 is 5.97 Å². The Balaban J connectivity index is 2.34. The van der Waals surface area contributed by atoms with Gasteiger partial charge in [0.15, 0.2) is 5.79 Å². The van der Waals surface area contributed by atoms with Gasteiger partial charge in [-0.3, -0.25) is 0 Å². The Morgan fingerprint density at radius 3 is 2.55 bits per heavy atom. The largest absolute Gasteiger partial charge is 0.478 e. The summed E-state index contributed by atoms with van der Waals surface area (Å²) in [4.78, 5) is 10.6. The molecule has 1 saturated heterocycles. The van der Waals surface area contributed by atoms with Crippen molar-refractivity contribution in [2.75, 3.05) is 6.61 Å². The highest BCUT2D eigenvalue weighted by atomic mass is 16.6. The molecule has 2 aliphatic rings. The molecule has 2 fully saturated rings. The molecular weight excluding hydrogens is 260 g/mol. The van der Waals surface area contributed by atoms with E-state index in [4.69, 9.17) is 9.84 Å². The van der Waals surface area contributed by atoms with Crippen LogP contribution in [0.25, 0.3) is 0 Å². The lowest BCUT2D eigenvalue weighted by Gasteiger charge is -2.49. The van der Waals surface area contributed by atoms with Gasteiger partial charge in [0.05, 0.1) is 12.7 Å². The van der Waals surface area contributed by atoms with E-state index in [-0.39, 0.29) is 11.8 Å². The van der Waals surface area contributed by atoms with Crippen molar-refractivity contribution in [1.82, 2.24) is 0 Å². The number of fused-ring (bicyclic) bond motifs is 2. The number of aliphatic hydroxyl groups is 2. The van der Waals surface area contributed by atoms with Crippen molar-refractivity contribution in [2.45, 2.75) is 45.5 Å². The number of aliphatic hydroxyl groups excluding tert-OH is 1. The van der Waals surface area contributed by atoms with E-state index >= 15 is 0 Å². The SMILES string of the molecule is CC(C=CC1(C)C2(C)COC1(O)CC(O)C2)=CC(=O)O. The molecule has 2 rings (SSSR count). The first-order valence-corrected chi connectivity index (χ1v) is 6.77. The molecule has 1 heterocycles. The molecule has 0 amide bonds. The summed E-state index contributed by atoms with van der Waals surface area (Å²) in [6.45, 7) is 5.95. The summed E-state index contributed by atoms with van der Waals surface area (Å²) >= 11 is 0. The van der Waals surface area contributed by atoms with Crippen LogP contribution in [0.5, 0.6) is 0 Å². The Morgan fingerprint density at radius 1 is 1.35 bits per heavy atom. The third kappa shape index (κ3) is 2.20. The van der Waals surface area contributed by atoms with Gasteiger partial charge in [-0.1, -0.05) is 26.0 Å². The van der Waals surface area contributed by atoms with Gasteiger partial charge in [-0.2, -0.15) is 0 Å². The predicted molar refractivity (Wildman–Crippen MR) is 72.9 cm³/mol. The molecular formula is C15H22O5. The van der Waals surface area contributed by atoms with Gasteiger partial charge in [-0.25, -0.2) is 4.79 Å². The lowest BCUT2D eigenvalue weighted by molar-refractivity contribution is -0.241. The fraction of sp³-hybridized carbons (Fsp3) is 0.667. The Bertz CT molecular complexity index is 461. The van der Waals surface area contributed by atoms with E-state index in [0.29, 0.717) is 18.6 Å². The number of hydrogen-bond acceptors (Lipinski definition) is 4. The molecule has 1 aliphatic heterocycles. The van der Waals surface area contributed by atoms with Gasteiger partial charge in [-0.05, 0) is 18.9 Å². The molecule has 2 bridgehead atoms. The summed E-state index contributed by atoms with van der Waals surface area (Å²) in [7, 11) is 0. The monoisotopic (exact) mass is 282 g/mol. The molecule has 1 aliphatic carbocycles. The Kier molecular flexibility index (Phi) is 3.57. The molecule has 5 heteroatoms. The van der Waals surface area contributed by atoms with E-state index in [1.807, 2.05) is 19.9 Å². The molecule has 1 saturated carbocycles. The van der Waals surface area contributed by atoms with Crippen LogP contribution < -0.4 is 0 Å². The van der Waals surface area contributed by atoms with Crippen molar-refractivity contribution in [2.24, 2.45) is 10.8 Å². The first-order valence-electron chi connectivity index (χ1n) is 6.77. The van der Waals surface area contributed by atoms with Crippen LogP contribution in [0, 0.1) is 10.8 Å².